The summed E-state index contributed by atoms with van der Waals surface area (Å²) in [7, 11) is 1.86. The van der Waals surface area contributed by atoms with Gasteiger partial charge in [-0.05, 0) is 49.1 Å². The third-order valence-electron chi connectivity index (χ3n) is 3.81. The molecule has 0 N–H and O–H groups in total. The second-order valence-corrected chi connectivity index (χ2v) is 5.99. The fourth-order valence-corrected chi connectivity index (χ4v) is 3.08. The SMILES string of the molecule is CN(Cc1ccc(F)cc1)Cn1c(=S)n(C(F)F)c2ccccc21. The third kappa shape index (κ3) is 3.22. The van der Waals surface area contributed by atoms with E-state index in [1.807, 2.05) is 11.9 Å². The number of fused-ring (bicyclic) bond motifs is 1. The molecule has 0 saturated carbocycles. The predicted octanol–water partition coefficient (Wildman–Crippen LogP) is 4.80. The molecule has 126 valence electrons. The minimum Gasteiger partial charge on any atom is -0.303 e. The van der Waals surface area contributed by atoms with E-state index in [4.69, 9.17) is 12.2 Å². The molecule has 24 heavy (non-hydrogen) atoms. The smallest absolute Gasteiger partial charge is 0.303 e. The van der Waals surface area contributed by atoms with Gasteiger partial charge in [0.15, 0.2) is 4.77 Å². The molecule has 0 aliphatic heterocycles. The third-order valence-corrected chi connectivity index (χ3v) is 4.23. The van der Waals surface area contributed by atoms with Crippen molar-refractivity contribution in [3.63, 3.8) is 0 Å². The molecule has 2 aromatic carbocycles. The number of imidazole rings is 1. The molecule has 0 unspecified atom stereocenters. The van der Waals surface area contributed by atoms with Gasteiger partial charge in [-0.25, -0.2) is 4.39 Å². The minimum absolute atomic E-state index is 0.0807. The lowest BCUT2D eigenvalue weighted by Gasteiger charge is -2.18. The minimum atomic E-state index is -2.69. The first kappa shape index (κ1) is 16.7. The van der Waals surface area contributed by atoms with Crippen molar-refractivity contribution in [2.75, 3.05) is 7.05 Å². The first-order valence-electron chi connectivity index (χ1n) is 7.38. The van der Waals surface area contributed by atoms with Gasteiger partial charge >= 0.3 is 6.55 Å². The van der Waals surface area contributed by atoms with Crippen molar-refractivity contribution >= 4 is 23.3 Å². The van der Waals surface area contributed by atoms with Crippen LogP contribution in [0.15, 0.2) is 48.5 Å². The molecule has 3 rings (SSSR count). The van der Waals surface area contributed by atoms with E-state index in [-0.39, 0.29) is 10.6 Å². The fraction of sp³-hybridized carbons (Fsp3) is 0.235. The average Bonchev–Trinajstić information content (AvgIpc) is 2.82. The Kier molecular flexibility index (Phi) is 4.73. The number of alkyl halides is 2. The molecular formula is C17H16F3N3S. The molecule has 1 aromatic heterocycles. The summed E-state index contributed by atoms with van der Waals surface area (Å²) < 4.78 is 42.2. The highest BCUT2D eigenvalue weighted by atomic mass is 32.1. The molecular weight excluding hydrogens is 335 g/mol. The quantitative estimate of drug-likeness (QED) is 0.613. The summed E-state index contributed by atoms with van der Waals surface area (Å²) in [5, 5.41) is 0. The van der Waals surface area contributed by atoms with Crippen molar-refractivity contribution in [2.45, 2.75) is 19.8 Å². The van der Waals surface area contributed by atoms with Crippen LogP contribution in [0.25, 0.3) is 11.0 Å². The van der Waals surface area contributed by atoms with Crippen LogP contribution in [0.5, 0.6) is 0 Å². The van der Waals surface area contributed by atoms with E-state index in [0.717, 1.165) is 10.1 Å². The van der Waals surface area contributed by atoms with Crippen molar-refractivity contribution in [3.8, 4) is 0 Å². The van der Waals surface area contributed by atoms with Crippen LogP contribution in [0, 0.1) is 10.6 Å². The summed E-state index contributed by atoms with van der Waals surface area (Å²) in [6.45, 7) is -1.78. The molecule has 0 fully saturated rings. The Morgan fingerprint density at radius 1 is 1.04 bits per heavy atom. The first-order valence-corrected chi connectivity index (χ1v) is 7.79. The lowest BCUT2D eigenvalue weighted by molar-refractivity contribution is 0.0717. The summed E-state index contributed by atoms with van der Waals surface area (Å²) >= 11 is 5.24. The molecule has 0 aliphatic rings. The highest BCUT2D eigenvalue weighted by Gasteiger charge is 2.17. The van der Waals surface area contributed by atoms with Gasteiger partial charge in [0.2, 0.25) is 0 Å². The molecule has 0 amide bonds. The lowest BCUT2D eigenvalue weighted by Crippen LogP contribution is -2.22. The van der Waals surface area contributed by atoms with Crippen molar-refractivity contribution in [3.05, 3.63) is 64.7 Å². The number of hydrogen-bond donors (Lipinski definition) is 0. The first-order chi connectivity index (χ1) is 11.5. The molecule has 0 atom stereocenters. The average molecular weight is 351 g/mol. The van der Waals surface area contributed by atoms with E-state index >= 15 is 0 Å². The highest BCUT2D eigenvalue weighted by molar-refractivity contribution is 7.71. The maximum Gasteiger partial charge on any atom is 0.321 e. The molecule has 0 radical (unpaired) electrons. The Labute approximate surface area is 142 Å². The maximum absolute atomic E-state index is 13.3. The Balaban J connectivity index is 1.91. The van der Waals surface area contributed by atoms with Gasteiger partial charge in [0.25, 0.3) is 0 Å². The summed E-state index contributed by atoms with van der Waals surface area (Å²) in [5.41, 5.74) is 2.00. The Morgan fingerprint density at radius 2 is 1.67 bits per heavy atom. The van der Waals surface area contributed by atoms with Crippen molar-refractivity contribution in [2.24, 2.45) is 0 Å². The Hall–Kier alpha value is -2.12. The lowest BCUT2D eigenvalue weighted by atomic mass is 10.2. The van der Waals surface area contributed by atoms with Crippen LogP contribution in [-0.2, 0) is 13.2 Å². The van der Waals surface area contributed by atoms with Crippen LogP contribution >= 0.6 is 12.2 Å². The van der Waals surface area contributed by atoms with Crippen LogP contribution in [0.3, 0.4) is 0 Å². The molecule has 3 aromatic rings. The van der Waals surface area contributed by atoms with E-state index in [2.05, 4.69) is 0 Å². The molecule has 0 bridgehead atoms. The zero-order valence-electron chi connectivity index (χ0n) is 13.0. The Bertz CT molecular complexity index is 900. The molecule has 0 aliphatic carbocycles. The van der Waals surface area contributed by atoms with E-state index in [9.17, 15) is 13.2 Å². The summed E-state index contributed by atoms with van der Waals surface area (Å²) in [6, 6.07) is 13.1. The van der Waals surface area contributed by atoms with Gasteiger partial charge in [-0.2, -0.15) is 8.78 Å². The molecule has 3 nitrogen and oxygen atoms in total. The standard InChI is InChI=1S/C17H16F3N3S/c1-21(10-12-6-8-13(18)9-7-12)11-22-14-4-2-3-5-15(14)23(16(19)20)17(22)24/h2-9,16H,10-11H2,1H3. The van der Waals surface area contributed by atoms with Gasteiger partial charge in [-0.3, -0.25) is 9.47 Å². The summed E-state index contributed by atoms with van der Waals surface area (Å²) in [5.74, 6) is -0.288. The monoisotopic (exact) mass is 351 g/mol. The number of rotatable bonds is 5. The predicted molar refractivity (Wildman–Crippen MR) is 89.9 cm³/mol. The second kappa shape index (κ2) is 6.78. The molecule has 1 heterocycles. The largest absolute Gasteiger partial charge is 0.321 e. The van der Waals surface area contributed by atoms with Gasteiger partial charge in [0.05, 0.1) is 17.7 Å². The molecule has 7 heteroatoms. The van der Waals surface area contributed by atoms with Crippen LogP contribution in [0.2, 0.25) is 0 Å². The van der Waals surface area contributed by atoms with Crippen molar-refractivity contribution in [1.82, 2.24) is 14.0 Å². The van der Waals surface area contributed by atoms with Gasteiger partial charge in [0.1, 0.15) is 5.82 Å². The summed E-state index contributed by atoms with van der Waals surface area (Å²) in [4.78, 5) is 1.94. The second-order valence-electron chi connectivity index (χ2n) is 5.63. The van der Waals surface area contributed by atoms with Crippen LogP contribution < -0.4 is 0 Å². The Morgan fingerprint density at radius 3 is 2.29 bits per heavy atom. The number of halogens is 3. The van der Waals surface area contributed by atoms with Crippen LogP contribution in [0.4, 0.5) is 13.2 Å². The van der Waals surface area contributed by atoms with Gasteiger partial charge in [-0.1, -0.05) is 24.3 Å². The molecule has 0 saturated heterocycles. The topological polar surface area (TPSA) is 13.1 Å². The van der Waals surface area contributed by atoms with E-state index in [0.29, 0.717) is 24.2 Å². The number of hydrogen-bond acceptors (Lipinski definition) is 2. The molecule has 0 spiro atoms. The van der Waals surface area contributed by atoms with Crippen molar-refractivity contribution < 1.29 is 13.2 Å². The zero-order chi connectivity index (χ0) is 17.3. The van der Waals surface area contributed by atoms with Crippen LogP contribution in [0.1, 0.15) is 12.1 Å². The van der Waals surface area contributed by atoms with E-state index in [1.165, 1.54) is 12.1 Å². The van der Waals surface area contributed by atoms with Crippen molar-refractivity contribution in [1.29, 1.82) is 0 Å². The van der Waals surface area contributed by atoms with Crippen LogP contribution in [-0.4, -0.2) is 21.1 Å². The van der Waals surface area contributed by atoms with Gasteiger partial charge in [0, 0.05) is 6.54 Å². The summed E-state index contributed by atoms with van der Waals surface area (Å²) in [6.07, 6.45) is 0. The number of para-hydroxylation sites is 2. The number of benzene rings is 2. The van der Waals surface area contributed by atoms with Gasteiger partial charge in [-0.15, -0.1) is 0 Å². The van der Waals surface area contributed by atoms with E-state index in [1.54, 1.807) is 41.0 Å². The zero-order valence-corrected chi connectivity index (χ0v) is 13.8. The number of nitrogens with zero attached hydrogens (tertiary/aromatic N) is 3. The van der Waals surface area contributed by atoms with E-state index < -0.39 is 6.55 Å². The number of aromatic nitrogens is 2. The normalized spacial score (nSPS) is 11.8. The maximum atomic E-state index is 13.3. The fourth-order valence-electron chi connectivity index (χ4n) is 2.75. The van der Waals surface area contributed by atoms with Gasteiger partial charge < -0.3 is 4.57 Å². The highest BCUT2D eigenvalue weighted by Crippen LogP contribution is 2.24.